The van der Waals surface area contributed by atoms with Crippen molar-refractivity contribution in [2.45, 2.75) is 19.3 Å². The highest BCUT2D eigenvalue weighted by Crippen LogP contribution is 2.26. The van der Waals surface area contributed by atoms with Crippen LogP contribution in [0.15, 0.2) is 42.5 Å². The summed E-state index contributed by atoms with van der Waals surface area (Å²) in [4.78, 5) is 25.1. The fourth-order valence-corrected chi connectivity index (χ4v) is 2.85. The fourth-order valence-electron chi connectivity index (χ4n) is 2.72. The lowest BCUT2D eigenvalue weighted by atomic mass is 10.2. The molecule has 1 aliphatic heterocycles. The van der Waals surface area contributed by atoms with Gasteiger partial charge in [-0.3, -0.25) is 9.59 Å². The minimum atomic E-state index is -0.532. The van der Waals surface area contributed by atoms with Crippen LogP contribution in [0, 0.1) is 5.82 Å². The molecule has 7 heteroatoms. The van der Waals surface area contributed by atoms with Crippen LogP contribution < -0.4 is 15.0 Å². The Morgan fingerprint density at radius 2 is 2.00 bits per heavy atom. The predicted octanol–water partition coefficient (Wildman–Crippen LogP) is 4.01. The van der Waals surface area contributed by atoms with Gasteiger partial charge in [-0.05, 0) is 48.9 Å². The van der Waals surface area contributed by atoms with Gasteiger partial charge in [-0.1, -0.05) is 11.6 Å². The lowest BCUT2D eigenvalue weighted by Crippen LogP contribution is -2.24. The van der Waals surface area contributed by atoms with Crippen LogP contribution in [0.1, 0.15) is 19.3 Å². The molecular weight excluding hydrogens is 359 g/mol. The molecule has 0 saturated carbocycles. The zero-order valence-corrected chi connectivity index (χ0v) is 14.8. The van der Waals surface area contributed by atoms with Crippen LogP contribution in [0.3, 0.4) is 0 Å². The van der Waals surface area contributed by atoms with E-state index >= 15 is 0 Å². The molecule has 5 nitrogen and oxygen atoms in total. The molecule has 0 atom stereocenters. The monoisotopic (exact) mass is 376 g/mol. The Balaban J connectivity index is 1.51. The van der Waals surface area contributed by atoms with Crippen LogP contribution in [-0.2, 0) is 9.59 Å². The highest BCUT2D eigenvalue weighted by atomic mass is 35.5. The van der Waals surface area contributed by atoms with Crippen LogP contribution in [-0.4, -0.2) is 25.0 Å². The Morgan fingerprint density at radius 3 is 2.65 bits per heavy atom. The maximum Gasteiger partial charge on any atom is 0.227 e. The van der Waals surface area contributed by atoms with Gasteiger partial charge >= 0.3 is 0 Å². The fraction of sp³-hybridized carbons (Fsp3) is 0.263. The first kappa shape index (κ1) is 18.2. The normalized spacial score (nSPS) is 13.8. The summed E-state index contributed by atoms with van der Waals surface area (Å²) in [6.07, 6.45) is 1.28. The van der Waals surface area contributed by atoms with Crippen LogP contribution >= 0.6 is 11.6 Å². The number of anilines is 2. The van der Waals surface area contributed by atoms with Crippen molar-refractivity contribution in [3.63, 3.8) is 0 Å². The summed E-state index contributed by atoms with van der Waals surface area (Å²) in [5, 5.41) is 3.23. The number of carbonyl (C=O) groups excluding carboxylic acids is 2. The first-order chi connectivity index (χ1) is 12.5. The third-order valence-electron chi connectivity index (χ3n) is 4.01. The molecule has 26 heavy (non-hydrogen) atoms. The van der Waals surface area contributed by atoms with Gasteiger partial charge in [0.05, 0.1) is 18.7 Å². The van der Waals surface area contributed by atoms with Crippen LogP contribution in [0.4, 0.5) is 15.8 Å². The highest BCUT2D eigenvalue weighted by molar-refractivity contribution is 6.30. The van der Waals surface area contributed by atoms with Gasteiger partial charge in [0.15, 0.2) is 0 Å². The predicted molar refractivity (Wildman–Crippen MR) is 98.2 cm³/mol. The Bertz CT molecular complexity index is 811. The van der Waals surface area contributed by atoms with Crippen molar-refractivity contribution in [2.24, 2.45) is 0 Å². The zero-order valence-electron chi connectivity index (χ0n) is 14.0. The maximum atomic E-state index is 14.3. The SMILES string of the molecule is O=C(CCOc1ccc(Cl)cc1)Nc1ccc(N2CCCC2=O)c(F)c1. The third-order valence-corrected chi connectivity index (χ3v) is 4.26. The number of ether oxygens (including phenoxy) is 1. The minimum Gasteiger partial charge on any atom is -0.493 e. The molecule has 0 spiro atoms. The molecule has 0 aliphatic carbocycles. The molecule has 1 fully saturated rings. The molecule has 3 rings (SSSR count). The van der Waals surface area contributed by atoms with E-state index in [2.05, 4.69) is 5.32 Å². The molecule has 0 radical (unpaired) electrons. The summed E-state index contributed by atoms with van der Waals surface area (Å²) in [6.45, 7) is 0.708. The van der Waals surface area contributed by atoms with Crippen molar-refractivity contribution < 1.29 is 18.7 Å². The van der Waals surface area contributed by atoms with Gasteiger partial charge < -0.3 is 15.0 Å². The second-order valence-electron chi connectivity index (χ2n) is 5.92. The summed E-state index contributed by atoms with van der Waals surface area (Å²) in [7, 11) is 0. The molecular formula is C19H18ClFN2O3. The lowest BCUT2D eigenvalue weighted by molar-refractivity contribution is -0.117. The lowest BCUT2D eigenvalue weighted by Gasteiger charge is -2.17. The van der Waals surface area contributed by atoms with Crippen molar-refractivity contribution in [3.8, 4) is 5.75 Å². The first-order valence-electron chi connectivity index (χ1n) is 8.31. The van der Waals surface area contributed by atoms with Crippen LogP contribution in [0.25, 0.3) is 0 Å². The summed E-state index contributed by atoms with van der Waals surface area (Å²) < 4.78 is 19.7. The summed E-state index contributed by atoms with van der Waals surface area (Å²) >= 11 is 5.79. The molecule has 1 heterocycles. The van der Waals surface area contributed by atoms with Crippen LogP contribution in [0.2, 0.25) is 5.02 Å². The molecule has 1 N–H and O–H groups in total. The zero-order chi connectivity index (χ0) is 18.5. The van der Waals surface area contributed by atoms with E-state index in [1.807, 2.05) is 0 Å². The standard InChI is InChI=1S/C19H18ClFN2O3/c20-13-3-6-15(7-4-13)26-11-9-18(24)22-14-5-8-17(16(21)12-14)23-10-1-2-19(23)25/h3-8,12H,1-2,9-11H2,(H,22,24). The Hall–Kier alpha value is -2.60. The number of halogens is 2. The van der Waals surface area contributed by atoms with Gasteiger partial charge in [0.2, 0.25) is 11.8 Å². The smallest absolute Gasteiger partial charge is 0.227 e. The quantitative estimate of drug-likeness (QED) is 0.828. The molecule has 1 aliphatic rings. The molecule has 2 aromatic carbocycles. The second-order valence-corrected chi connectivity index (χ2v) is 6.35. The average Bonchev–Trinajstić information content (AvgIpc) is 3.03. The summed E-state index contributed by atoms with van der Waals surface area (Å²) in [5.41, 5.74) is 0.589. The molecule has 0 aromatic heterocycles. The Labute approximate surface area is 155 Å². The number of nitrogens with zero attached hydrogens (tertiary/aromatic N) is 1. The number of hydrogen-bond acceptors (Lipinski definition) is 3. The highest BCUT2D eigenvalue weighted by Gasteiger charge is 2.24. The van der Waals surface area contributed by atoms with Crippen molar-refractivity contribution in [1.29, 1.82) is 0 Å². The van der Waals surface area contributed by atoms with Gasteiger partial charge in [-0.15, -0.1) is 0 Å². The van der Waals surface area contributed by atoms with E-state index in [1.54, 1.807) is 30.3 Å². The minimum absolute atomic E-state index is 0.0833. The van der Waals surface area contributed by atoms with Crippen molar-refractivity contribution in [2.75, 3.05) is 23.4 Å². The van der Waals surface area contributed by atoms with E-state index in [0.717, 1.165) is 6.42 Å². The molecule has 2 amide bonds. The number of benzene rings is 2. The van der Waals surface area contributed by atoms with Gasteiger partial charge in [-0.2, -0.15) is 0 Å². The van der Waals surface area contributed by atoms with Crippen LogP contribution in [0.5, 0.6) is 5.75 Å². The van der Waals surface area contributed by atoms with Gasteiger partial charge in [0.25, 0.3) is 0 Å². The summed E-state index contributed by atoms with van der Waals surface area (Å²) in [5.74, 6) is -0.285. The number of carbonyl (C=O) groups is 2. The van der Waals surface area contributed by atoms with Crippen molar-refractivity contribution in [3.05, 3.63) is 53.3 Å². The molecule has 2 aromatic rings. The second kappa shape index (κ2) is 8.19. The number of amides is 2. The number of hydrogen-bond donors (Lipinski definition) is 1. The summed E-state index contributed by atoms with van der Waals surface area (Å²) in [6, 6.07) is 11.2. The third kappa shape index (κ3) is 4.52. The molecule has 136 valence electrons. The average molecular weight is 377 g/mol. The molecule has 0 unspecified atom stereocenters. The number of rotatable bonds is 6. The van der Waals surface area contributed by atoms with E-state index < -0.39 is 5.82 Å². The first-order valence-corrected chi connectivity index (χ1v) is 8.69. The molecule has 0 bridgehead atoms. The van der Waals surface area contributed by atoms with Gasteiger partial charge in [0, 0.05) is 23.7 Å². The Kier molecular flexibility index (Phi) is 5.73. The number of nitrogens with one attached hydrogen (secondary N) is 1. The van der Waals surface area contributed by atoms with Crippen molar-refractivity contribution in [1.82, 2.24) is 0 Å². The molecule has 1 saturated heterocycles. The largest absolute Gasteiger partial charge is 0.493 e. The Morgan fingerprint density at radius 1 is 1.23 bits per heavy atom. The van der Waals surface area contributed by atoms with E-state index in [-0.39, 0.29) is 30.5 Å². The van der Waals surface area contributed by atoms with E-state index in [4.69, 9.17) is 16.3 Å². The van der Waals surface area contributed by atoms with E-state index in [1.165, 1.54) is 17.0 Å². The van der Waals surface area contributed by atoms with Gasteiger partial charge in [0.1, 0.15) is 11.6 Å². The van der Waals surface area contributed by atoms with E-state index in [0.29, 0.717) is 29.4 Å². The topological polar surface area (TPSA) is 58.6 Å². The van der Waals surface area contributed by atoms with Crippen molar-refractivity contribution >= 4 is 34.8 Å². The van der Waals surface area contributed by atoms with Gasteiger partial charge in [-0.25, -0.2) is 4.39 Å². The van der Waals surface area contributed by atoms with E-state index in [9.17, 15) is 14.0 Å². The maximum absolute atomic E-state index is 14.3.